The van der Waals surface area contributed by atoms with Gasteiger partial charge in [0.05, 0.1) is 23.6 Å². The van der Waals surface area contributed by atoms with Crippen LogP contribution in [0.15, 0.2) is 78.0 Å². The molecule has 2 heterocycles. The van der Waals surface area contributed by atoms with E-state index in [1.807, 2.05) is 77.7 Å². The number of fused-ring (bicyclic) bond motifs is 2. The van der Waals surface area contributed by atoms with E-state index in [4.69, 9.17) is 4.84 Å². The number of aliphatic hydroxyl groups is 1. The number of oxime groups is 1. The molecule has 0 spiro atoms. The highest BCUT2D eigenvalue weighted by Gasteiger charge is 2.29. The van der Waals surface area contributed by atoms with E-state index in [0.29, 0.717) is 25.1 Å². The number of hydrogen-bond donors (Lipinski definition) is 1. The third-order valence-electron chi connectivity index (χ3n) is 5.81. The Labute approximate surface area is 186 Å². The van der Waals surface area contributed by atoms with Crippen LogP contribution < -0.4 is 4.90 Å². The largest absolute Gasteiger partial charge is 0.395 e. The molecule has 158 valence electrons. The van der Waals surface area contributed by atoms with E-state index in [1.54, 1.807) is 0 Å². The van der Waals surface area contributed by atoms with Gasteiger partial charge in [-0.25, -0.2) is 0 Å². The standard InChI is InChI=1S/C27H22N2O3/c30-17-19-9-11-22(12-10-19)25-15-20(18-32-28-25)16-29-26-8-4-2-6-23(26)14-13-21-5-1-3-7-24(21)27(29)31/h1-12,20,30H,15-18H2. The van der Waals surface area contributed by atoms with Crippen molar-refractivity contribution in [2.75, 3.05) is 18.1 Å². The average molecular weight is 422 g/mol. The van der Waals surface area contributed by atoms with Crippen LogP contribution in [0.1, 0.15) is 39.0 Å². The predicted octanol–water partition coefficient (Wildman–Crippen LogP) is 3.98. The van der Waals surface area contributed by atoms with E-state index < -0.39 is 0 Å². The van der Waals surface area contributed by atoms with Crippen LogP contribution in [-0.2, 0) is 11.4 Å². The molecule has 1 atom stereocenters. The first kappa shape index (κ1) is 20.0. The first-order chi connectivity index (χ1) is 15.7. The molecule has 5 rings (SSSR count). The van der Waals surface area contributed by atoms with Gasteiger partial charge < -0.3 is 14.8 Å². The van der Waals surface area contributed by atoms with Gasteiger partial charge in [-0.15, -0.1) is 0 Å². The molecule has 2 aliphatic rings. The molecule has 2 aliphatic heterocycles. The minimum Gasteiger partial charge on any atom is -0.395 e. The van der Waals surface area contributed by atoms with Gasteiger partial charge in [-0.1, -0.05) is 65.5 Å². The highest BCUT2D eigenvalue weighted by Crippen LogP contribution is 2.28. The van der Waals surface area contributed by atoms with Crippen molar-refractivity contribution < 1.29 is 14.7 Å². The summed E-state index contributed by atoms with van der Waals surface area (Å²) < 4.78 is 0. The molecule has 0 aromatic heterocycles. The highest BCUT2D eigenvalue weighted by molar-refractivity contribution is 6.09. The number of rotatable bonds is 4. The van der Waals surface area contributed by atoms with Crippen LogP contribution in [0.4, 0.5) is 5.69 Å². The maximum absolute atomic E-state index is 13.6. The number of nitrogens with zero attached hydrogens (tertiary/aromatic N) is 2. The molecule has 0 bridgehead atoms. The van der Waals surface area contributed by atoms with Gasteiger partial charge in [-0.2, -0.15) is 0 Å². The highest BCUT2D eigenvalue weighted by atomic mass is 16.6. The van der Waals surface area contributed by atoms with E-state index in [-0.39, 0.29) is 18.4 Å². The fourth-order valence-corrected chi connectivity index (χ4v) is 4.10. The fourth-order valence-electron chi connectivity index (χ4n) is 4.10. The maximum atomic E-state index is 13.6. The van der Waals surface area contributed by atoms with Crippen LogP contribution in [0.5, 0.6) is 0 Å². The average Bonchev–Trinajstić information content (AvgIpc) is 2.85. The van der Waals surface area contributed by atoms with Crippen molar-refractivity contribution >= 4 is 17.3 Å². The minimum absolute atomic E-state index is 0.00668. The van der Waals surface area contributed by atoms with Crippen LogP contribution in [0.25, 0.3) is 0 Å². The van der Waals surface area contributed by atoms with Gasteiger partial charge in [0, 0.05) is 30.0 Å². The minimum atomic E-state index is -0.0570. The Hall–Kier alpha value is -3.88. The van der Waals surface area contributed by atoms with Gasteiger partial charge in [0.25, 0.3) is 5.91 Å². The molecule has 0 fully saturated rings. The number of carbonyl (C=O) groups is 1. The molecule has 3 aromatic carbocycles. The third kappa shape index (κ3) is 3.89. The number of aliphatic hydroxyl groups excluding tert-OH is 1. The zero-order valence-electron chi connectivity index (χ0n) is 17.5. The van der Waals surface area contributed by atoms with Gasteiger partial charge in [0.2, 0.25) is 0 Å². The Morgan fingerprint density at radius 3 is 2.50 bits per heavy atom. The molecule has 0 aliphatic carbocycles. The quantitative estimate of drug-likeness (QED) is 0.647. The summed E-state index contributed by atoms with van der Waals surface area (Å²) in [5.74, 6) is 6.41. The molecule has 0 radical (unpaired) electrons. The van der Waals surface area contributed by atoms with Gasteiger partial charge >= 0.3 is 0 Å². The molecule has 0 saturated carbocycles. The first-order valence-corrected chi connectivity index (χ1v) is 10.6. The number of hydrogen-bond acceptors (Lipinski definition) is 4. The van der Waals surface area contributed by atoms with Crippen molar-refractivity contribution in [1.82, 2.24) is 0 Å². The van der Waals surface area contributed by atoms with E-state index in [2.05, 4.69) is 17.0 Å². The second kappa shape index (κ2) is 8.70. The lowest BCUT2D eigenvalue weighted by molar-refractivity contribution is 0.0892. The van der Waals surface area contributed by atoms with Crippen molar-refractivity contribution in [3.05, 3.63) is 101 Å². The smallest absolute Gasteiger partial charge is 0.259 e. The van der Waals surface area contributed by atoms with Gasteiger partial charge in [-0.3, -0.25) is 4.79 Å². The van der Waals surface area contributed by atoms with Crippen LogP contribution in [0, 0.1) is 17.8 Å². The van der Waals surface area contributed by atoms with E-state index in [9.17, 15) is 9.90 Å². The van der Waals surface area contributed by atoms with E-state index in [0.717, 1.165) is 33.7 Å². The second-order valence-electron chi connectivity index (χ2n) is 7.99. The summed E-state index contributed by atoms with van der Waals surface area (Å²) in [5, 5.41) is 13.5. The fraction of sp³-hybridized carbons (Fsp3) is 0.185. The van der Waals surface area contributed by atoms with Crippen molar-refractivity contribution in [3.63, 3.8) is 0 Å². The zero-order chi connectivity index (χ0) is 21.9. The molecule has 0 saturated heterocycles. The summed E-state index contributed by atoms with van der Waals surface area (Å²) in [6, 6.07) is 22.9. The number of para-hydroxylation sites is 1. The van der Waals surface area contributed by atoms with Gasteiger partial charge in [0.1, 0.15) is 6.61 Å². The molecule has 5 nitrogen and oxygen atoms in total. The van der Waals surface area contributed by atoms with E-state index >= 15 is 0 Å². The molecule has 1 unspecified atom stereocenters. The number of benzene rings is 3. The van der Waals surface area contributed by atoms with Crippen LogP contribution in [-0.4, -0.2) is 29.9 Å². The Kier molecular flexibility index (Phi) is 5.45. The van der Waals surface area contributed by atoms with Crippen LogP contribution >= 0.6 is 0 Å². The topological polar surface area (TPSA) is 62.1 Å². The lowest BCUT2D eigenvalue weighted by atomic mass is 9.95. The monoisotopic (exact) mass is 422 g/mol. The number of amides is 1. The summed E-state index contributed by atoms with van der Waals surface area (Å²) in [7, 11) is 0. The lowest BCUT2D eigenvalue weighted by Gasteiger charge is -2.31. The molecule has 32 heavy (non-hydrogen) atoms. The zero-order valence-corrected chi connectivity index (χ0v) is 17.5. The van der Waals surface area contributed by atoms with Gasteiger partial charge in [-0.05, 0) is 35.4 Å². The molecule has 1 N–H and O–H groups in total. The summed E-state index contributed by atoms with van der Waals surface area (Å²) in [6.07, 6.45) is 0.692. The van der Waals surface area contributed by atoms with Crippen molar-refractivity contribution in [1.29, 1.82) is 0 Å². The molecule has 3 aromatic rings. The summed E-state index contributed by atoms with van der Waals surface area (Å²) in [5.41, 5.74) is 5.66. The Morgan fingerprint density at radius 2 is 1.69 bits per heavy atom. The van der Waals surface area contributed by atoms with Crippen LogP contribution in [0.2, 0.25) is 0 Å². The number of carbonyl (C=O) groups excluding carboxylic acids is 1. The van der Waals surface area contributed by atoms with Crippen LogP contribution in [0.3, 0.4) is 0 Å². The Morgan fingerprint density at radius 1 is 0.969 bits per heavy atom. The maximum Gasteiger partial charge on any atom is 0.259 e. The summed E-state index contributed by atoms with van der Waals surface area (Å²) in [6.45, 7) is 0.948. The molecular weight excluding hydrogens is 400 g/mol. The second-order valence-corrected chi connectivity index (χ2v) is 7.99. The van der Waals surface area contributed by atoms with Crippen molar-refractivity contribution in [3.8, 4) is 11.8 Å². The summed E-state index contributed by atoms with van der Waals surface area (Å²) in [4.78, 5) is 21.0. The molecular formula is C27H22N2O3. The Bertz CT molecular complexity index is 1250. The molecule has 5 heteroatoms. The lowest BCUT2D eigenvalue weighted by Crippen LogP contribution is -2.39. The number of anilines is 1. The van der Waals surface area contributed by atoms with Crippen molar-refractivity contribution in [2.24, 2.45) is 11.1 Å². The normalized spacial score (nSPS) is 17.0. The molecule has 1 amide bonds. The Balaban J connectivity index is 1.45. The van der Waals surface area contributed by atoms with Gasteiger partial charge in [0.15, 0.2) is 0 Å². The first-order valence-electron chi connectivity index (χ1n) is 10.6. The van der Waals surface area contributed by atoms with E-state index in [1.165, 1.54) is 0 Å². The predicted molar refractivity (Wildman–Crippen MR) is 124 cm³/mol. The summed E-state index contributed by atoms with van der Waals surface area (Å²) >= 11 is 0. The third-order valence-corrected chi connectivity index (χ3v) is 5.81. The SMILES string of the molecule is O=C1c2ccccc2C#Cc2ccccc2N1CC1CON=C(c2ccc(CO)cc2)C1. The van der Waals surface area contributed by atoms with Crippen molar-refractivity contribution in [2.45, 2.75) is 13.0 Å².